The molecule has 1 unspecified atom stereocenters. The molecule has 0 radical (unpaired) electrons. The van der Waals surface area contributed by atoms with Crippen LogP contribution in [0.15, 0.2) is 29.2 Å². The fourth-order valence-corrected chi connectivity index (χ4v) is 3.64. The van der Waals surface area contributed by atoms with Crippen molar-refractivity contribution in [2.24, 2.45) is 0 Å². The molecule has 8 heteroatoms. The molecule has 1 atom stereocenters. The molecular weight excluding hydrogens is 330 g/mol. The van der Waals surface area contributed by atoms with Crippen LogP contribution in [0, 0.1) is 0 Å². The Morgan fingerprint density at radius 2 is 2.04 bits per heavy atom. The summed E-state index contributed by atoms with van der Waals surface area (Å²) in [6.07, 6.45) is 0. The Labute approximate surface area is 143 Å². The number of amides is 1. The van der Waals surface area contributed by atoms with Crippen molar-refractivity contribution in [2.75, 3.05) is 26.8 Å². The number of hydrogen-bond donors (Lipinski definition) is 2. The van der Waals surface area contributed by atoms with E-state index < -0.39 is 10.0 Å². The average Bonchev–Trinajstić information content (AvgIpc) is 2.60. The maximum atomic E-state index is 12.4. The molecule has 1 aliphatic heterocycles. The van der Waals surface area contributed by atoms with Crippen LogP contribution in [-0.4, -0.2) is 57.5 Å². The zero-order valence-electron chi connectivity index (χ0n) is 14.3. The molecule has 0 aromatic heterocycles. The minimum atomic E-state index is -3.48. The lowest BCUT2D eigenvalue weighted by Gasteiger charge is -2.23. The van der Waals surface area contributed by atoms with Gasteiger partial charge in [0, 0.05) is 26.2 Å². The van der Waals surface area contributed by atoms with E-state index in [0.717, 1.165) is 5.56 Å². The highest BCUT2D eigenvalue weighted by Gasteiger charge is 2.23. The average molecular weight is 355 g/mol. The SMILES string of the molecule is CC(C)N(C)S(=O)(=O)c1ccc(CNC(=O)C2COCCN2)cc1. The first kappa shape index (κ1) is 18.9. The molecule has 134 valence electrons. The van der Waals surface area contributed by atoms with Crippen molar-refractivity contribution in [3.8, 4) is 0 Å². The molecule has 0 spiro atoms. The zero-order valence-corrected chi connectivity index (χ0v) is 15.1. The smallest absolute Gasteiger partial charge is 0.243 e. The molecule has 1 aromatic rings. The van der Waals surface area contributed by atoms with Gasteiger partial charge in [0.25, 0.3) is 0 Å². The number of nitrogens with one attached hydrogen (secondary N) is 2. The van der Waals surface area contributed by atoms with Crippen LogP contribution in [0.2, 0.25) is 0 Å². The first-order valence-corrected chi connectivity index (χ1v) is 9.42. The molecule has 1 fully saturated rings. The van der Waals surface area contributed by atoms with Crippen molar-refractivity contribution in [2.45, 2.75) is 37.4 Å². The highest BCUT2D eigenvalue weighted by molar-refractivity contribution is 7.89. The van der Waals surface area contributed by atoms with Crippen LogP contribution in [-0.2, 0) is 26.1 Å². The summed E-state index contributed by atoms with van der Waals surface area (Å²) in [7, 11) is -1.92. The lowest BCUT2D eigenvalue weighted by molar-refractivity contribution is -0.126. The molecule has 1 aliphatic rings. The van der Waals surface area contributed by atoms with Crippen LogP contribution in [0.25, 0.3) is 0 Å². The van der Waals surface area contributed by atoms with Crippen LogP contribution in [0.5, 0.6) is 0 Å². The minimum Gasteiger partial charge on any atom is -0.378 e. The third-order valence-corrected chi connectivity index (χ3v) is 6.08. The summed E-state index contributed by atoms with van der Waals surface area (Å²) in [5.41, 5.74) is 0.839. The van der Waals surface area contributed by atoms with Crippen molar-refractivity contribution < 1.29 is 17.9 Å². The number of carbonyl (C=O) groups excluding carboxylic acids is 1. The van der Waals surface area contributed by atoms with Crippen LogP contribution in [0.3, 0.4) is 0 Å². The third kappa shape index (κ3) is 4.54. The molecule has 1 heterocycles. The zero-order chi connectivity index (χ0) is 17.7. The summed E-state index contributed by atoms with van der Waals surface area (Å²) in [4.78, 5) is 12.3. The van der Waals surface area contributed by atoms with E-state index >= 15 is 0 Å². The molecule has 0 bridgehead atoms. The summed E-state index contributed by atoms with van der Waals surface area (Å²) in [5, 5.41) is 5.91. The first-order valence-electron chi connectivity index (χ1n) is 7.98. The number of rotatable bonds is 6. The van der Waals surface area contributed by atoms with Crippen molar-refractivity contribution >= 4 is 15.9 Å². The van der Waals surface area contributed by atoms with Crippen LogP contribution in [0.1, 0.15) is 19.4 Å². The van der Waals surface area contributed by atoms with Crippen LogP contribution < -0.4 is 10.6 Å². The van der Waals surface area contributed by atoms with E-state index in [0.29, 0.717) is 26.3 Å². The maximum absolute atomic E-state index is 12.4. The van der Waals surface area contributed by atoms with E-state index in [4.69, 9.17) is 4.74 Å². The molecular formula is C16H25N3O4S. The summed E-state index contributed by atoms with van der Waals surface area (Å²) in [6, 6.07) is 6.12. The quantitative estimate of drug-likeness (QED) is 0.767. The van der Waals surface area contributed by atoms with Gasteiger partial charge in [-0.05, 0) is 31.5 Å². The van der Waals surface area contributed by atoms with E-state index in [2.05, 4.69) is 10.6 Å². The van der Waals surface area contributed by atoms with Gasteiger partial charge in [-0.25, -0.2) is 8.42 Å². The van der Waals surface area contributed by atoms with Crippen molar-refractivity contribution in [3.05, 3.63) is 29.8 Å². The van der Waals surface area contributed by atoms with Gasteiger partial charge in [0.2, 0.25) is 15.9 Å². The van der Waals surface area contributed by atoms with E-state index in [1.165, 1.54) is 4.31 Å². The Balaban J connectivity index is 1.96. The third-order valence-electron chi connectivity index (χ3n) is 4.03. The molecule has 24 heavy (non-hydrogen) atoms. The van der Waals surface area contributed by atoms with Crippen LogP contribution >= 0.6 is 0 Å². The first-order chi connectivity index (χ1) is 11.3. The Hall–Kier alpha value is -1.48. The topological polar surface area (TPSA) is 87.7 Å². The molecule has 2 N–H and O–H groups in total. The fourth-order valence-electron chi connectivity index (χ4n) is 2.27. The molecule has 0 aliphatic carbocycles. The monoisotopic (exact) mass is 355 g/mol. The van der Waals surface area contributed by atoms with E-state index in [9.17, 15) is 13.2 Å². The second-order valence-corrected chi connectivity index (χ2v) is 8.06. The molecule has 1 aromatic carbocycles. The molecule has 1 amide bonds. The van der Waals surface area contributed by atoms with Gasteiger partial charge in [-0.1, -0.05) is 12.1 Å². The number of carbonyl (C=O) groups is 1. The second-order valence-electron chi connectivity index (χ2n) is 6.06. The van der Waals surface area contributed by atoms with E-state index in [1.807, 2.05) is 13.8 Å². The number of nitrogens with zero attached hydrogens (tertiary/aromatic N) is 1. The van der Waals surface area contributed by atoms with Gasteiger partial charge in [-0.2, -0.15) is 4.31 Å². The highest BCUT2D eigenvalue weighted by atomic mass is 32.2. The standard InChI is InChI=1S/C16H25N3O4S/c1-12(2)19(3)24(21,22)14-6-4-13(5-7-14)10-18-16(20)15-11-23-9-8-17-15/h4-7,12,15,17H,8-11H2,1-3H3,(H,18,20). The normalized spacial score (nSPS) is 18.8. The number of ether oxygens (including phenoxy) is 1. The number of benzene rings is 1. The fraction of sp³-hybridized carbons (Fsp3) is 0.562. The van der Waals surface area contributed by atoms with Gasteiger partial charge in [-0.3, -0.25) is 4.79 Å². The molecule has 2 rings (SSSR count). The number of morpholine rings is 1. The summed E-state index contributed by atoms with van der Waals surface area (Å²) in [5.74, 6) is -0.120. The second kappa shape index (κ2) is 8.06. The van der Waals surface area contributed by atoms with Gasteiger partial charge in [0.1, 0.15) is 6.04 Å². The van der Waals surface area contributed by atoms with Gasteiger partial charge < -0.3 is 15.4 Å². The predicted molar refractivity (Wildman–Crippen MR) is 91.0 cm³/mol. The van der Waals surface area contributed by atoms with Gasteiger partial charge in [-0.15, -0.1) is 0 Å². The lowest BCUT2D eigenvalue weighted by atomic mass is 10.2. The Morgan fingerprint density at radius 3 is 2.58 bits per heavy atom. The minimum absolute atomic E-state index is 0.112. The van der Waals surface area contributed by atoms with Gasteiger partial charge in [0.05, 0.1) is 18.1 Å². The van der Waals surface area contributed by atoms with Crippen molar-refractivity contribution in [1.82, 2.24) is 14.9 Å². The lowest BCUT2D eigenvalue weighted by Crippen LogP contribution is -2.51. The van der Waals surface area contributed by atoms with Gasteiger partial charge in [0.15, 0.2) is 0 Å². The van der Waals surface area contributed by atoms with Gasteiger partial charge >= 0.3 is 0 Å². The summed E-state index contributed by atoms with van der Waals surface area (Å²) in [6.45, 7) is 5.63. The molecule has 0 saturated carbocycles. The predicted octanol–water partition coefficient (Wildman–Crippen LogP) is 0.320. The van der Waals surface area contributed by atoms with Crippen molar-refractivity contribution in [3.63, 3.8) is 0 Å². The Morgan fingerprint density at radius 1 is 1.38 bits per heavy atom. The highest BCUT2D eigenvalue weighted by Crippen LogP contribution is 2.17. The number of hydrogen-bond acceptors (Lipinski definition) is 5. The Bertz CT molecular complexity index is 652. The summed E-state index contributed by atoms with van der Waals surface area (Å²) >= 11 is 0. The summed E-state index contributed by atoms with van der Waals surface area (Å²) < 4.78 is 31.4. The molecule has 1 saturated heterocycles. The Kier molecular flexibility index (Phi) is 6.34. The number of sulfonamides is 1. The van der Waals surface area contributed by atoms with Crippen molar-refractivity contribution in [1.29, 1.82) is 0 Å². The largest absolute Gasteiger partial charge is 0.378 e. The maximum Gasteiger partial charge on any atom is 0.243 e. The van der Waals surface area contributed by atoms with E-state index in [-0.39, 0.29) is 22.9 Å². The van der Waals surface area contributed by atoms with Crippen LogP contribution in [0.4, 0.5) is 0 Å². The van der Waals surface area contributed by atoms with E-state index in [1.54, 1.807) is 31.3 Å². The molecule has 7 nitrogen and oxygen atoms in total.